The number of aromatic nitrogens is 2. The van der Waals surface area contributed by atoms with Crippen LogP contribution in [0.5, 0.6) is 0 Å². The molecule has 18 heavy (non-hydrogen) atoms. The molecule has 1 amide bonds. The zero-order valence-electron chi connectivity index (χ0n) is 10.4. The molecular formula is C13H18N4O. The number of hydrogen-bond acceptors (Lipinski definition) is 4. The number of amides is 1. The number of carbonyl (C=O) groups is 1. The Morgan fingerprint density at radius 3 is 3.06 bits per heavy atom. The predicted molar refractivity (Wildman–Crippen MR) is 70.2 cm³/mol. The second kappa shape index (κ2) is 6.14. The van der Waals surface area contributed by atoms with E-state index >= 15 is 0 Å². The molecule has 96 valence electrons. The average molecular weight is 246 g/mol. The van der Waals surface area contributed by atoms with Crippen molar-refractivity contribution in [2.45, 2.75) is 25.3 Å². The van der Waals surface area contributed by atoms with Crippen molar-refractivity contribution in [1.29, 1.82) is 0 Å². The van der Waals surface area contributed by atoms with Crippen LogP contribution in [-0.2, 0) is 4.79 Å². The van der Waals surface area contributed by atoms with Crippen LogP contribution in [0.2, 0.25) is 0 Å². The van der Waals surface area contributed by atoms with Gasteiger partial charge >= 0.3 is 0 Å². The van der Waals surface area contributed by atoms with Gasteiger partial charge in [0.15, 0.2) is 0 Å². The van der Waals surface area contributed by atoms with Crippen LogP contribution in [0.15, 0.2) is 31.1 Å². The van der Waals surface area contributed by atoms with E-state index in [0.717, 1.165) is 25.8 Å². The zero-order chi connectivity index (χ0) is 12.8. The molecule has 0 radical (unpaired) electrons. The third kappa shape index (κ3) is 2.85. The van der Waals surface area contributed by atoms with Crippen LogP contribution in [0, 0.1) is 0 Å². The minimum atomic E-state index is -0.141. The highest BCUT2D eigenvalue weighted by atomic mass is 16.2. The molecular weight excluding hydrogens is 228 g/mol. The summed E-state index contributed by atoms with van der Waals surface area (Å²) in [5, 5.41) is 2.92. The van der Waals surface area contributed by atoms with Gasteiger partial charge in [0.05, 0.1) is 0 Å². The summed E-state index contributed by atoms with van der Waals surface area (Å²) in [6, 6.07) is 1.64. The smallest absolute Gasteiger partial charge is 0.242 e. The second-order valence-corrected chi connectivity index (χ2v) is 4.27. The molecule has 2 rings (SSSR count). The summed E-state index contributed by atoms with van der Waals surface area (Å²) < 4.78 is 0. The molecule has 1 atom stereocenters. The largest absolute Gasteiger partial charge is 0.354 e. The molecule has 2 heterocycles. The third-order valence-corrected chi connectivity index (χ3v) is 3.01. The SMILES string of the molecule is C=CCCNC(=O)C1CCCN1c1ncccn1. The lowest BCUT2D eigenvalue weighted by Gasteiger charge is -2.23. The number of carbonyl (C=O) groups excluding carboxylic acids is 1. The highest BCUT2D eigenvalue weighted by Crippen LogP contribution is 2.21. The van der Waals surface area contributed by atoms with Crippen molar-refractivity contribution >= 4 is 11.9 Å². The van der Waals surface area contributed by atoms with Crippen LogP contribution >= 0.6 is 0 Å². The van der Waals surface area contributed by atoms with Gasteiger partial charge in [0, 0.05) is 25.5 Å². The lowest BCUT2D eigenvalue weighted by Crippen LogP contribution is -2.44. The molecule has 0 aliphatic carbocycles. The van der Waals surface area contributed by atoms with Crippen LogP contribution in [-0.4, -0.2) is 35.0 Å². The summed E-state index contributed by atoms with van der Waals surface area (Å²) in [6.07, 6.45) is 7.85. The Morgan fingerprint density at radius 1 is 1.56 bits per heavy atom. The topological polar surface area (TPSA) is 58.1 Å². The molecule has 5 heteroatoms. The van der Waals surface area contributed by atoms with E-state index in [0.29, 0.717) is 12.5 Å². The zero-order valence-corrected chi connectivity index (χ0v) is 10.4. The first-order chi connectivity index (χ1) is 8.83. The lowest BCUT2D eigenvalue weighted by atomic mass is 10.2. The molecule has 0 aromatic carbocycles. The molecule has 0 saturated carbocycles. The van der Waals surface area contributed by atoms with Crippen molar-refractivity contribution in [3.05, 3.63) is 31.1 Å². The van der Waals surface area contributed by atoms with E-state index in [2.05, 4.69) is 21.9 Å². The van der Waals surface area contributed by atoms with Crippen LogP contribution in [0.3, 0.4) is 0 Å². The molecule has 0 bridgehead atoms. The van der Waals surface area contributed by atoms with Crippen molar-refractivity contribution < 1.29 is 4.79 Å². The van der Waals surface area contributed by atoms with Gasteiger partial charge in [-0.15, -0.1) is 6.58 Å². The van der Waals surface area contributed by atoms with E-state index in [-0.39, 0.29) is 11.9 Å². The second-order valence-electron chi connectivity index (χ2n) is 4.27. The Morgan fingerprint density at radius 2 is 2.33 bits per heavy atom. The fourth-order valence-corrected chi connectivity index (χ4v) is 2.13. The molecule has 1 unspecified atom stereocenters. The van der Waals surface area contributed by atoms with Crippen LogP contribution in [0.1, 0.15) is 19.3 Å². The van der Waals surface area contributed by atoms with Crippen molar-refractivity contribution in [3.63, 3.8) is 0 Å². The van der Waals surface area contributed by atoms with E-state index < -0.39 is 0 Å². The van der Waals surface area contributed by atoms with Gasteiger partial charge in [0.2, 0.25) is 11.9 Å². The first-order valence-corrected chi connectivity index (χ1v) is 6.25. The highest BCUT2D eigenvalue weighted by molar-refractivity contribution is 5.85. The third-order valence-electron chi connectivity index (χ3n) is 3.01. The van der Waals surface area contributed by atoms with Gasteiger partial charge < -0.3 is 10.2 Å². The quantitative estimate of drug-likeness (QED) is 0.625. The number of anilines is 1. The maximum absolute atomic E-state index is 12.1. The summed E-state index contributed by atoms with van der Waals surface area (Å²) >= 11 is 0. The molecule has 1 aromatic heterocycles. The van der Waals surface area contributed by atoms with Gasteiger partial charge in [0.25, 0.3) is 0 Å². The monoisotopic (exact) mass is 246 g/mol. The number of nitrogens with one attached hydrogen (secondary N) is 1. The summed E-state index contributed by atoms with van der Waals surface area (Å²) in [5.74, 6) is 0.695. The van der Waals surface area contributed by atoms with Crippen LogP contribution in [0.25, 0.3) is 0 Å². The first kappa shape index (κ1) is 12.5. The van der Waals surface area contributed by atoms with Gasteiger partial charge in [0.1, 0.15) is 6.04 Å². The number of hydrogen-bond donors (Lipinski definition) is 1. The number of nitrogens with zero attached hydrogens (tertiary/aromatic N) is 3. The molecule has 1 N–H and O–H groups in total. The summed E-state index contributed by atoms with van der Waals surface area (Å²) in [7, 11) is 0. The van der Waals surface area contributed by atoms with Gasteiger partial charge in [-0.1, -0.05) is 6.08 Å². The minimum absolute atomic E-state index is 0.0572. The van der Waals surface area contributed by atoms with Gasteiger partial charge in [-0.3, -0.25) is 4.79 Å². The summed E-state index contributed by atoms with van der Waals surface area (Å²) in [6.45, 7) is 5.11. The Bertz CT molecular complexity index is 407. The molecule has 5 nitrogen and oxygen atoms in total. The van der Waals surface area contributed by atoms with Crippen molar-refractivity contribution in [1.82, 2.24) is 15.3 Å². The molecule has 0 spiro atoms. The Balaban J connectivity index is 1.99. The molecule has 1 aliphatic heterocycles. The lowest BCUT2D eigenvalue weighted by molar-refractivity contribution is -0.122. The molecule has 1 fully saturated rings. The standard InChI is InChI=1S/C13H18N4O/c1-2-3-7-14-12(18)11-6-4-10-17(11)13-15-8-5-9-16-13/h2,5,8-9,11H,1,3-4,6-7,10H2,(H,14,18). The van der Waals surface area contributed by atoms with E-state index in [1.54, 1.807) is 24.5 Å². The van der Waals surface area contributed by atoms with Crippen LogP contribution < -0.4 is 10.2 Å². The normalized spacial score (nSPS) is 18.7. The van der Waals surface area contributed by atoms with Gasteiger partial charge in [-0.25, -0.2) is 9.97 Å². The van der Waals surface area contributed by atoms with E-state index in [4.69, 9.17) is 0 Å². The van der Waals surface area contributed by atoms with Crippen molar-refractivity contribution in [2.24, 2.45) is 0 Å². The first-order valence-electron chi connectivity index (χ1n) is 6.25. The van der Waals surface area contributed by atoms with Gasteiger partial charge in [-0.05, 0) is 25.3 Å². The number of rotatable bonds is 5. The maximum atomic E-state index is 12.1. The van der Waals surface area contributed by atoms with Gasteiger partial charge in [-0.2, -0.15) is 0 Å². The maximum Gasteiger partial charge on any atom is 0.242 e. The summed E-state index contributed by atoms with van der Waals surface area (Å²) in [4.78, 5) is 22.5. The van der Waals surface area contributed by atoms with E-state index in [1.165, 1.54) is 0 Å². The van der Waals surface area contributed by atoms with E-state index in [1.807, 2.05) is 4.90 Å². The highest BCUT2D eigenvalue weighted by Gasteiger charge is 2.31. The Kier molecular flexibility index (Phi) is 4.28. The Hall–Kier alpha value is -1.91. The fourth-order valence-electron chi connectivity index (χ4n) is 2.13. The van der Waals surface area contributed by atoms with E-state index in [9.17, 15) is 4.79 Å². The van der Waals surface area contributed by atoms with Crippen molar-refractivity contribution in [3.8, 4) is 0 Å². The average Bonchev–Trinajstić information content (AvgIpc) is 2.89. The van der Waals surface area contributed by atoms with Crippen LogP contribution in [0.4, 0.5) is 5.95 Å². The minimum Gasteiger partial charge on any atom is -0.354 e. The molecule has 1 aromatic rings. The van der Waals surface area contributed by atoms with Crippen molar-refractivity contribution in [2.75, 3.05) is 18.0 Å². The fraction of sp³-hybridized carbons (Fsp3) is 0.462. The predicted octanol–water partition coefficient (Wildman–Crippen LogP) is 1.14. The molecule has 1 aliphatic rings. The summed E-state index contributed by atoms with van der Waals surface area (Å²) in [5.41, 5.74) is 0. The molecule has 1 saturated heterocycles. The Labute approximate surface area is 107 Å².